The van der Waals surface area contributed by atoms with Gasteiger partial charge in [-0.2, -0.15) is 0 Å². The first-order chi connectivity index (χ1) is 9.20. The molecule has 0 aliphatic carbocycles. The Labute approximate surface area is 122 Å². The number of hydrogen-bond acceptors (Lipinski definition) is 1. The molecule has 19 heavy (non-hydrogen) atoms. The van der Waals surface area contributed by atoms with Crippen molar-refractivity contribution in [2.45, 2.75) is 19.5 Å². The lowest BCUT2D eigenvalue weighted by molar-refractivity contribution is -0.708. The molecule has 0 unspecified atom stereocenters. The van der Waals surface area contributed by atoms with Crippen LogP contribution in [0.25, 0.3) is 0 Å². The van der Waals surface area contributed by atoms with Gasteiger partial charge in [-0.1, -0.05) is 46.3 Å². The molecule has 100 valence electrons. The second kappa shape index (κ2) is 6.73. The topological polar surface area (TPSA) is 25.8 Å². The van der Waals surface area contributed by atoms with Gasteiger partial charge in [0.15, 0.2) is 0 Å². The number of methoxy groups -OCH3 is 1. The summed E-state index contributed by atoms with van der Waals surface area (Å²) in [7, 11) is 1.72. The van der Waals surface area contributed by atoms with Crippen molar-refractivity contribution in [3.05, 3.63) is 64.1 Å². The van der Waals surface area contributed by atoms with E-state index in [1.165, 1.54) is 11.1 Å². The molecule has 2 N–H and O–H groups in total. The van der Waals surface area contributed by atoms with Crippen LogP contribution in [0.1, 0.15) is 24.1 Å². The number of rotatable bonds is 5. The van der Waals surface area contributed by atoms with Crippen LogP contribution in [0.2, 0.25) is 0 Å². The summed E-state index contributed by atoms with van der Waals surface area (Å²) < 4.78 is 6.48. The van der Waals surface area contributed by atoms with Gasteiger partial charge in [0.1, 0.15) is 18.3 Å². The zero-order chi connectivity index (χ0) is 13.7. The fourth-order valence-electron chi connectivity index (χ4n) is 2.10. The van der Waals surface area contributed by atoms with Crippen molar-refractivity contribution in [1.82, 2.24) is 0 Å². The van der Waals surface area contributed by atoms with Gasteiger partial charge in [-0.05, 0) is 25.1 Å². The Morgan fingerprint density at radius 1 is 1.16 bits per heavy atom. The van der Waals surface area contributed by atoms with E-state index in [4.69, 9.17) is 4.74 Å². The van der Waals surface area contributed by atoms with Crippen LogP contribution in [0.15, 0.2) is 53.0 Å². The van der Waals surface area contributed by atoms with Gasteiger partial charge in [0, 0.05) is 15.6 Å². The third-order valence-corrected chi connectivity index (χ3v) is 3.75. The maximum absolute atomic E-state index is 5.40. The maximum Gasteiger partial charge on any atom is 0.127 e. The minimum atomic E-state index is 0.435. The maximum atomic E-state index is 5.40. The average molecular weight is 321 g/mol. The third-order valence-electron chi connectivity index (χ3n) is 3.26. The van der Waals surface area contributed by atoms with Crippen LogP contribution < -0.4 is 10.1 Å². The van der Waals surface area contributed by atoms with Crippen molar-refractivity contribution in [3.8, 4) is 5.75 Å². The molecule has 2 nitrogen and oxygen atoms in total. The van der Waals surface area contributed by atoms with E-state index in [-0.39, 0.29) is 0 Å². The van der Waals surface area contributed by atoms with Crippen molar-refractivity contribution >= 4 is 15.9 Å². The van der Waals surface area contributed by atoms with Crippen LogP contribution in [0.3, 0.4) is 0 Å². The Hall–Kier alpha value is -1.32. The summed E-state index contributed by atoms with van der Waals surface area (Å²) in [6.07, 6.45) is 0. The number of quaternary nitrogens is 1. The van der Waals surface area contributed by atoms with Crippen molar-refractivity contribution < 1.29 is 10.1 Å². The van der Waals surface area contributed by atoms with E-state index in [0.717, 1.165) is 16.8 Å². The molecule has 0 aliphatic rings. The van der Waals surface area contributed by atoms with E-state index in [1.54, 1.807) is 7.11 Å². The number of nitrogens with two attached hydrogens (primary N) is 1. The number of ether oxygens (including phenoxy) is 1. The third kappa shape index (κ3) is 3.82. The highest BCUT2D eigenvalue weighted by Crippen LogP contribution is 2.22. The Balaban J connectivity index is 2.04. The zero-order valence-corrected chi connectivity index (χ0v) is 12.9. The molecule has 0 heterocycles. The molecule has 0 amide bonds. The minimum absolute atomic E-state index is 0.435. The van der Waals surface area contributed by atoms with Crippen LogP contribution in [-0.4, -0.2) is 7.11 Å². The summed E-state index contributed by atoms with van der Waals surface area (Å²) in [4.78, 5) is 0. The number of hydrogen-bond donors (Lipinski definition) is 1. The molecule has 0 saturated carbocycles. The largest absolute Gasteiger partial charge is 0.496 e. The number of benzene rings is 2. The Morgan fingerprint density at radius 2 is 1.89 bits per heavy atom. The van der Waals surface area contributed by atoms with E-state index in [0.29, 0.717) is 6.04 Å². The van der Waals surface area contributed by atoms with E-state index in [1.807, 2.05) is 18.2 Å². The van der Waals surface area contributed by atoms with Crippen molar-refractivity contribution in [2.75, 3.05) is 7.11 Å². The molecule has 0 aromatic heterocycles. The monoisotopic (exact) mass is 320 g/mol. The average Bonchev–Trinajstić information content (AvgIpc) is 2.46. The highest BCUT2D eigenvalue weighted by atomic mass is 79.9. The van der Waals surface area contributed by atoms with Crippen molar-refractivity contribution in [2.24, 2.45) is 0 Å². The molecule has 0 saturated heterocycles. The molecule has 0 spiro atoms. The Morgan fingerprint density at radius 3 is 2.58 bits per heavy atom. The van der Waals surface area contributed by atoms with Crippen LogP contribution in [0, 0.1) is 0 Å². The summed E-state index contributed by atoms with van der Waals surface area (Å²) >= 11 is 3.51. The molecule has 0 fully saturated rings. The van der Waals surface area contributed by atoms with E-state index < -0.39 is 0 Å². The molecule has 1 atom stereocenters. The SMILES string of the molecule is COc1ccc(Br)cc1C[NH2+][C@@H](C)c1ccccc1. The lowest BCUT2D eigenvalue weighted by Crippen LogP contribution is -2.83. The van der Waals surface area contributed by atoms with Gasteiger partial charge >= 0.3 is 0 Å². The fraction of sp³-hybridized carbons (Fsp3) is 0.250. The normalized spacial score (nSPS) is 12.2. The van der Waals surface area contributed by atoms with Crippen LogP contribution in [0.4, 0.5) is 0 Å². The highest BCUT2D eigenvalue weighted by Gasteiger charge is 2.10. The van der Waals surface area contributed by atoms with Gasteiger partial charge in [-0.3, -0.25) is 0 Å². The first-order valence-electron chi connectivity index (χ1n) is 6.41. The first kappa shape index (κ1) is 14.1. The zero-order valence-electron chi connectivity index (χ0n) is 11.3. The molecule has 2 rings (SSSR count). The van der Waals surface area contributed by atoms with Gasteiger partial charge in [0.05, 0.1) is 7.11 Å². The molecular formula is C16H19BrNO+. The van der Waals surface area contributed by atoms with Crippen LogP contribution in [0.5, 0.6) is 5.75 Å². The molecule has 0 radical (unpaired) electrons. The quantitative estimate of drug-likeness (QED) is 0.898. The lowest BCUT2D eigenvalue weighted by atomic mass is 10.1. The molecule has 0 aliphatic heterocycles. The van der Waals surface area contributed by atoms with E-state index in [9.17, 15) is 0 Å². The van der Waals surface area contributed by atoms with Crippen molar-refractivity contribution in [3.63, 3.8) is 0 Å². The predicted octanol–water partition coefficient (Wildman–Crippen LogP) is 3.28. The van der Waals surface area contributed by atoms with Crippen LogP contribution in [-0.2, 0) is 6.54 Å². The molecule has 3 heteroatoms. The summed E-state index contributed by atoms with van der Waals surface area (Å²) in [5.41, 5.74) is 2.55. The Bertz CT molecular complexity index is 528. The second-order valence-corrected chi connectivity index (χ2v) is 5.51. The molecular weight excluding hydrogens is 302 g/mol. The molecule has 2 aromatic carbocycles. The van der Waals surface area contributed by atoms with E-state index >= 15 is 0 Å². The van der Waals surface area contributed by atoms with Gasteiger partial charge in [0.2, 0.25) is 0 Å². The highest BCUT2D eigenvalue weighted by molar-refractivity contribution is 9.10. The minimum Gasteiger partial charge on any atom is -0.496 e. The lowest BCUT2D eigenvalue weighted by Gasteiger charge is -2.13. The first-order valence-corrected chi connectivity index (χ1v) is 7.20. The van der Waals surface area contributed by atoms with Gasteiger partial charge in [-0.25, -0.2) is 0 Å². The summed E-state index contributed by atoms with van der Waals surface area (Å²) in [5.74, 6) is 0.944. The van der Waals surface area contributed by atoms with Crippen molar-refractivity contribution in [1.29, 1.82) is 0 Å². The smallest absolute Gasteiger partial charge is 0.127 e. The fourth-order valence-corrected chi connectivity index (χ4v) is 2.51. The Kier molecular flexibility index (Phi) is 5.00. The summed E-state index contributed by atoms with van der Waals surface area (Å²) in [6, 6.07) is 17.1. The predicted molar refractivity (Wildman–Crippen MR) is 81.2 cm³/mol. The van der Waals surface area contributed by atoms with Crippen LogP contribution >= 0.6 is 15.9 Å². The number of halogens is 1. The summed E-state index contributed by atoms with van der Waals surface area (Å²) in [5, 5.41) is 2.32. The van der Waals surface area contributed by atoms with Gasteiger partial charge < -0.3 is 10.1 Å². The van der Waals surface area contributed by atoms with Gasteiger partial charge in [-0.15, -0.1) is 0 Å². The molecule has 0 bridgehead atoms. The standard InChI is InChI=1S/C16H18BrNO/c1-12(13-6-4-3-5-7-13)18-11-14-10-15(17)8-9-16(14)19-2/h3-10,12,18H,11H2,1-2H3/p+1/t12-/m0/s1. The molecule has 2 aromatic rings. The van der Waals surface area contributed by atoms with Gasteiger partial charge in [0.25, 0.3) is 0 Å². The van der Waals surface area contributed by atoms with E-state index in [2.05, 4.69) is 58.5 Å². The summed E-state index contributed by atoms with van der Waals surface area (Å²) in [6.45, 7) is 3.12. The second-order valence-electron chi connectivity index (χ2n) is 4.60.